The zero-order chi connectivity index (χ0) is 14.4. The Morgan fingerprint density at radius 2 is 2.00 bits per heavy atom. The van der Waals surface area contributed by atoms with Crippen molar-refractivity contribution in [3.63, 3.8) is 0 Å². The first-order chi connectivity index (χ1) is 10.2. The Morgan fingerprint density at radius 1 is 1.14 bits per heavy atom. The molecule has 2 heterocycles. The van der Waals surface area contributed by atoms with E-state index in [9.17, 15) is 0 Å². The van der Waals surface area contributed by atoms with Gasteiger partial charge in [0.25, 0.3) is 0 Å². The van der Waals surface area contributed by atoms with E-state index in [1.807, 2.05) is 17.8 Å². The average molecular weight is 317 g/mol. The fourth-order valence-electron chi connectivity index (χ4n) is 3.43. The van der Waals surface area contributed by atoms with Crippen LogP contribution in [0.15, 0.2) is 52.3 Å². The number of benzene rings is 2. The highest BCUT2D eigenvalue weighted by atomic mass is 35.5. The molecule has 2 aromatic carbocycles. The number of anilines is 1. The Morgan fingerprint density at radius 3 is 2.90 bits per heavy atom. The van der Waals surface area contributed by atoms with Gasteiger partial charge in [-0.3, -0.25) is 0 Å². The van der Waals surface area contributed by atoms with E-state index in [0.29, 0.717) is 0 Å². The number of nitrogens with zero attached hydrogens (tertiary/aromatic N) is 1. The zero-order valence-corrected chi connectivity index (χ0v) is 13.2. The van der Waals surface area contributed by atoms with Crippen LogP contribution < -0.4 is 10.6 Å². The first kappa shape index (κ1) is 13.5. The Kier molecular flexibility index (Phi) is 3.37. The molecule has 2 aliphatic rings. The second-order valence-electron chi connectivity index (χ2n) is 5.70. The normalized spacial score (nSPS) is 23.8. The van der Waals surface area contributed by atoms with Crippen molar-refractivity contribution < 1.29 is 0 Å². The van der Waals surface area contributed by atoms with Crippen LogP contribution in [0.2, 0.25) is 5.02 Å². The molecule has 1 fully saturated rings. The molecule has 108 valence electrons. The first-order valence-electron chi connectivity index (χ1n) is 7.32. The molecule has 0 saturated carbocycles. The molecule has 4 rings (SSSR count). The predicted molar refractivity (Wildman–Crippen MR) is 89.3 cm³/mol. The quantitative estimate of drug-likeness (QED) is 0.777. The van der Waals surface area contributed by atoms with E-state index < -0.39 is 0 Å². The Hall–Kier alpha value is -1.16. The lowest BCUT2D eigenvalue weighted by molar-refractivity contribution is 0.405. The minimum Gasteiger partial charge on any atom is -0.362 e. The number of rotatable bonds is 0. The molecular weight excluding hydrogens is 300 g/mol. The fourth-order valence-corrected chi connectivity index (χ4v) is 4.71. The molecule has 0 aliphatic carbocycles. The summed E-state index contributed by atoms with van der Waals surface area (Å²) in [4.78, 5) is 5.03. The van der Waals surface area contributed by atoms with Crippen LogP contribution >= 0.6 is 23.4 Å². The van der Waals surface area contributed by atoms with Gasteiger partial charge in [0.2, 0.25) is 0 Å². The van der Waals surface area contributed by atoms with Crippen molar-refractivity contribution in [2.24, 2.45) is 5.73 Å². The third-order valence-electron chi connectivity index (χ3n) is 4.37. The van der Waals surface area contributed by atoms with Crippen molar-refractivity contribution in [3.8, 4) is 0 Å². The lowest BCUT2D eigenvalue weighted by Crippen LogP contribution is -2.46. The van der Waals surface area contributed by atoms with Gasteiger partial charge in [-0.05, 0) is 42.7 Å². The smallest absolute Gasteiger partial charge is 0.0704 e. The van der Waals surface area contributed by atoms with Gasteiger partial charge in [0.05, 0.1) is 11.7 Å². The van der Waals surface area contributed by atoms with E-state index >= 15 is 0 Å². The molecule has 2 N–H and O–H groups in total. The summed E-state index contributed by atoms with van der Waals surface area (Å²) in [5.41, 5.74) is 9.06. The minimum absolute atomic E-state index is 0.172. The van der Waals surface area contributed by atoms with Crippen LogP contribution in [-0.4, -0.2) is 12.6 Å². The molecular formula is C17H17ClN2S. The maximum Gasteiger partial charge on any atom is 0.0704 e. The van der Waals surface area contributed by atoms with E-state index in [1.165, 1.54) is 21.0 Å². The molecule has 0 unspecified atom stereocenters. The second-order valence-corrected chi connectivity index (χ2v) is 7.22. The zero-order valence-electron chi connectivity index (χ0n) is 11.6. The predicted octanol–water partition coefficient (Wildman–Crippen LogP) is 4.47. The summed E-state index contributed by atoms with van der Waals surface area (Å²) in [7, 11) is 0. The van der Waals surface area contributed by atoms with Gasteiger partial charge in [0.1, 0.15) is 0 Å². The number of nitrogens with two attached hydrogens (primary N) is 1. The average Bonchev–Trinajstić information content (AvgIpc) is 2.63. The Labute approximate surface area is 134 Å². The Bertz CT molecular complexity index is 688. The van der Waals surface area contributed by atoms with Crippen molar-refractivity contribution in [3.05, 3.63) is 53.1 Å². The molecule has 2 nitrogen and oxygen atoms in total. The molecule has 0 amide bonds. The fraction of sp³-hybridized carbons (Fsp3) is 0.294. The molecule has 1 saturated heterocycles. The van der Waals surface area contributed by atoms with E-state index in [1.54, 1.807) is 0 Å². The summed E-state index contributed by atoms with van der Waals surface area (Å²) >= 11 is 8.07. The molecule has 21 heavy (non-hydrogen) atoms. The number of hydrogen-bond donors (Lipinski definition) is 1. The van der Waals surface area contributed by atoms with Crippen molar-refractivity contribution in [1.82, 2.24) is 0 Å². The minimum atomic E-state index is 0.172. The van der Waals surface area contributed by atoms with E-state index in [4.69, 9.17) is 17.3 Å². The summed E-state index contributed by atoms with van der Waals surface area (Å²) in [5.74, 6) is 0. The third-order valence-corrected chi connectivity index (χ3v) is 5.76. The van der Waals surface area contributed by atoms with Crippen LogP contribution in [-0.2, 0) is 0 Å². The van der Waals surface area contributed by atoms with Crippen LogP contribution in [0.1, 0.15) is 24.4 Å². The third kappa shape index (κ3) is 2.24. The largest absolute Gasteiger partial charge is 0.362 e. The molecule has 0 radical (unpaired) electrons. The van der Waals surface area contributed by atoms with Crippen molar-refractivity contribution in [1.29, 1.82) is 0 Å². The highest BCUT2D eigenvalue weighted by Gasteiger charge is 2.35. The van der Waals surface area contributed by atoms with Crippen LogP contribution in [0.4, 0.5) is 5.69 Å². The van der Waals surface area contributed by atoms with Gasteiger partial charge >= 0.3 is 0 Å². The summed E-state index contributed by atoms with van der Waals surface area (Å²) in [6.07, 6.45) is 2.21. The van der Waals surface area contributed by atoms with Crippen LogP contribution in [0, 0.1) is 0 Å². The lowest BCUT2D eigenvalue weighted by atomic mass is 9.90. The maximum absolute atomic E-state index is 6.48. The van der Waals surface area contributed by atoms with Crippen LogP contribution in [0.5, 0.6) is 0 Å². The van der Waals surface area contributed by atoms with Crippen molar-refractivity contribution in [2.75, 3.05) is 11.4 Å². The molecule has 2 aromatic rings. The van der Waals surface area contributed by atoms with E-state index in [2.05, 4.69) is 41.3 Å². The maximum atomic E-state index is 6.48. The second kappa shape index (κ2) is 5.24. The van der Waals surface area contributed by atoms with Gasteiger partial charge in [-0.2, -0.15) is 0 Å². The number of piperidine rings is 1. The lowest BCUT2D eigenvalue weighted by Gasteiger charge is -2.41. The van der Waals surface area contributed by atoms with Gasteiger partial charge < -0.3 is 10.6 Å². The molecule has 0 spiro atoms. The number of fused-ring (bicyclic) bond motifs is 5. The summed E-state index contributed by atoms with van der Waals surface area (Å²) in [6.45, 7) is 1.04. The van der Waals surface area contributed by atoms with E-state index in [-0.39, 0.29) is 12.1 Å². The van der Waals surface area contributed by atoms with E-state index in [0.717, 1.165) is 24.4 Å². The van der Waals surface area contributed by atoms with Crippen molar-refractivity contribution in [2.45, 2.75) is 34.7 Å². The van der Waals surface area contributed by atoms with Crippen LogP contribution in [0.25, 0.3) is 0 Å². The first-order valence-corrected chi connectivity index (χ1v) is 8.52. The number of halogens is 1. The number of hydrogen-bond acceptors (Lipinski definition) is 3. The summed E-state index contributed by atoms with van der Waals surface area (Å²) < 4.78 is 0. The van der Waals surface area contributed by atoms with Gasteiger partial charge in [-0.1, -0.05) is 41.6 Å². The molecule has 2 aliphatic heterocycles. The van der Waals surface area contributed by atoms with Gasteiger partial charge in [0.15, 0.2) is 0 Å². The summed E-state index contributed by atoms with van der Waals surface area (Å²) in [6, 6.07) is 15.2. The molecule has 2 atom stereocenters. The monoisotopic (exact) mass is 316 g/mol. The van der Waals surface area contributed by atoms with Crippen molar-refractivity contribution >= 4 is 29.1 Å². The van der Waals surface area contributed by atoms with Crippen LogP contribution in [0.3, 0.4) is 0 Å². The highest BCUT2D eigenvalue weighted by Crippen LogP contribution is 2.48. The van der Waals surface area contributed by atoms with Gasteiger partial charge in [-0.15, -0.1) is 0 Å². The van der Waals surface area contributed by atoms with Gasteiger partial charge in [0, 0.05) is 27.4 Å². The topological polar surface area (TPSA) is 29.3 Å². The molecule has 4 heteroatoms. The molecule has 0 aromatic heterocycles. The standard InChI is InChI=1S/C17H17ClN2S/c18-11-7-8-16-14(10-11)20-9-3-5-13(19)17(20)12-4-1-2-6-15(12)21-16/h1-2,4,6-8,10,13,17H,3,5,9,19H2/t13-,17-/m1/s1. The highest BCUT2D eigenvalue weighted by molar-refractivity contribution is 7.99. The molecule has 0 bridgehead atoms. The SMILES string of the molecule is N[C@@H]1CCCN2c3cc(Cl)ccc3Sc3ccccc3[C@H]12. The Balaban J connectivity index is 1.94. The van der Waals surface area contributed by atoms with Gasteiger partial charge in [-0.25, -0.2) is 0 Å². The summed E-state index contributed by atoms with van der Waals surface area (Å²) in [5, 5.41) is 0.790.